The van der Waals surface area contributed by atoms with Crippen molar-refractivity contribution < 1.29 is 8.78 Å². The molecule has 1 aromatic carbocycles. The molecule has 0 aliphatic heterocycles. The summed E-state index contributed by atoms with van der Waals surface area (Å²) < 4.78 is 26.3. The van der Waals surface area contributed by atoms with Gasteiger partial charge in [-0.2, -0.15) is 0 Å². The predicted octanol–water partition coefficient (Wildman–Crippen LogP) is 2.76. The fraction of sp³-hybridized carbons (Fsp3) is 0.455. The maximum absolute atomic E-state index is 13.4. The molecule has 1 nitrogen and oxygen atoms in total. The van der Waals surface area contributed by atoms with E-state index in [2.05, 4.69) is 0 Å². The average molecular weight is 197 g/mol. The Kier molecular flexibility index (Phi) is 2.07. The van der Waals surface area contributed by atoms with Gasteiger partial charge in [0.1, 0.15) is 0 Å². The van der Waals surface area contributed by atoms with Crippen molar-refractivity contribution in [3.8, 4) is 0 Å². The molecule has 0 radical (unpaired) electrons. The van der Waals surface area contributed by atoms with E-state index in [1.807, 2.05) is 6.92 Å². The van der Waals surface area contributed by atoms with Crippen molar-refractivity contribution in [3.63, 3.8) is 0 Å². The lowest BCUT2D eigenvalue weighted by Crippen LogP contribution is -2.21. The lowest BCUT2D eigenvalue weighted by Gasteiger charge is -2.19. The van der Waals surface area contributed by atoms with Gasteiger partial charge in [0.2, 0.25) is 0 Å². The Morgan fingerprint density at radius 3 is 2.57 bits per heavy atom. The molecule has 0 aromatic heterocycles. The molecule has 3 heteroatoms. The number of benzene rings is 1. The van der Waals surface area contributed by atoms with Crippen LogP contribution in [0.4, 0.5) is 8.78 Å². The van der Waals surface area contributed by atoms with Crippen molar-refractivity contribution in [2.75, 3.05) is 0 Å². The molecule has 0 amide bonds. The fourth-order valence-electron chi connectivity index (χ4n) is 1.64. The van der Waals surface area contributed by atoms with Crippen LogP contribution in [0.5, 0.6) is 0 Å². The summed E-state index contributed by atoms with van der Waals surface area (Å²) in [7, 11) is 0. The van der Waals surface area contributed by atoms with Crippen LogP contribution in [-0.2, 0) is 0 Å². The minimum absolute atomic E-state index is 0.0331. The van der Waals surface area contributed by atoms with E-state index in [0.717, 1.165) is 18.9 Å². The summed E-state index contributed by atoms with van der Waals surface area (Å²) in [5, 5.41) is 0. The molecule has 76 valence electrons. The number of halogens is 2. The third-order valence-corrected chi connectivity index (χ3v) is 3.11. The highest BCUT2D eigenvalue weighted by Crippen LogP contribution is 2.53. The molecule has 1 aromatic rings. The smallest absolute Gasteiger partial charge is 0.163 e. The van der Waals surface area contributed by atoms with Crippen LogP contribution >= 0.6 is 0 Å². The van der Waals surface area contributed by atoms with Crippen LogP contribution in [0.25, 0.3) is 0 Å². The Bertz CT molecular complexity index is 358. The van der Waals surface area contributed by atoms with Crippen LogP contribution in [0.2, 0.25) is 0 Å². The Balaban J connectivity index is 2.36. The van der Waals surface area contributed by atoms with E-state index in [1.54, 1.807) is 6.07 Å². The molecule has 1 saturated carbocycles. The van der Waals surface area contributed by atoms with E-state index in [-0.39, 0.29) is 5.41 Å². The van der Waals surface area contributed by atoms with Crippen LogP contribution in [0.3, 0.4) is 0 Å². The monoisotopic (exact) mass is 197 g/mol. The third-order valence-electron chi connectivity index (χ3n) is 3.11. The van der Waals surface area contributed by atoms with E-state index in [0.29, 0.717) is 5.56 Å². The van der Waals surface area contributed by atoms with Gasteiger partial charge < -0.3 is 5.73 Å². The van der Waals surface area contributed by atoms with Crippen molar-refractivity contribution in [2.24, 2.45) is 11.1 Å². The highest BCUT2D eigenvalue weighted by molar-refractivity contribution is 5.25. The summed E-state index contributed by atoms with van der Waals surface area (Å²) >= 11 is 0. The normalized spacial score (nSPS) is 20.6. The first-order valence-corrected chi connectivity index (χ1v) is 4.74. The molecule has 0 spiro atoms. The third kappa shape index (κ3) is 1.42. The molecule has 2 rings (SSSR count). The van der Waals surface area contributed by atoms with Crippen LogP contribution in [0, 0.1) is 17.0 Å². The molecule has 1 aliphatic rings. The van der Waals surface area contributed by atoms with Crippen molar-refractivity contribution in [1.82, 2.24) is 0 Å². The van der Waals surface area contributed by atoms with Gasteiger partial charge in [0, 0.05) is 11.6 Å². The Morgan fingerprint density at radius 2 is 2.00 bits per heavy atom. The van der Waals surface area contributed by atoms with Crippen molar-refractivity contribution in [1.29, 1.82) is 0 Å². The van der Waals surface area contributed by atoms with Gasteiger partial charge in [-0.15, -0.1) is 0 Å². The minimum Gasteiger partial charge on any atom is -0.323 e. The second-order valence-corrected chi connectivity index (χ2v) is 4.27. The zero-order valence-corrected chi connectivity index (χ0v) is 8.06. The Morgan fingerprint density at radius 1 is 1.36 bits per heavy atom. The van der Waals surface area contributed by atoms with Gasteiger partial charge in [-0.25, -0.2) is 8.78 Å². The molecular weight excluding hydrogens is 184 g/mol. The maximum atomic E-state index is 13.4. The molecule has 2 N–H and O–H groups in total. The fourth-order valence-corrected chi connectivity index (χ4v) is 1.64. The standard InChI is InChI=1S/C11H13F2N/c1-11(5-6-11)10(14)7-3-2-4-8(12)9(7)13/h2-4,10H,5-6,14H2,1H3. The molecule has 1 aliphatic carbocycles. The Labute approximate surface area is 81.9 Å². The summed E-state index contributed by atoms with van der Waals surface area (Å²) in [6.07, 6.45) is 1.98. The SMILES string of the molecule is CC1(C(N)c2cccc(F)c2F)CC1. The van der Waals surface area contributed by atoms with Crippen LogP contribution in [0.15, 0.2) is 18.2 Å². The predicted molar refractivity (Wildman–Crippen MR) is 50.6 cm³/mol. The van der Waals surface area contributed by atoms with Crippen molar-refractivity contribution >= 4 is 0 Å². The maximum Gasteiger partial charge on any atom is 0.163 e. The van der Waals surface area contributed by atoms with E-state index in [1.165, 1.54) is 6.07 Å². The molecule has 1 atom stereocenters. The van der Waals surface area contributed by atoms with Gasteiger partial charge in [0.15, 0.2) is 11.6 Å². The van der Waals surface area contributed by atoms with Crippen LogP contribution in [0.1, 0.15) is 31.4 Å². The van der Waals surface area contributed by atoms with Gasteiger partial charge in [0.25, 0.3) is 0 Å². The number of rotatable bonds is 2. The quantitative estimate of drug-likeness (QED) is 0.775. The van der Waals surface area contributed by atoms with Gasteiger partial charge in [0.05, 0.1) is 0 Å². The molecular formula is C11H13F2N. The van der Waals surface area contributed by atoms with Gasteiger partial charge in [-0.3, -0.25) is 0 Å². The van der Waals surface area contributed by atoms with Crippen molar-refractivity contribution in [3.05, 3.63) is 35.4 Å². The zero-order valence-electron chi connectivity index (χ0n) is 8.06. The van der Waals surface area contributed by atoms with E-state index in [9.17, 15) is 8.78 Å². The number of hydrogen-bond donors (Lipinski definition) is 1. The summed E-state index contributed by atoms with van der Waals surface area (Å²) in [6, 6.07) is 3.78. The van der Waals surface area contributed by atoms with Crippen molar-refractivity contribution in [2.45, 2.75) is 25.8 Å². The number of nitrogens with two attached hydrogens (primary N) is 1. The Hall–Kier alpha value is -0.960. The summed E-state index contributed by atoms with van der Waals surface area (Å²) in [4.78, 5) is 0. The topological polar surface area (TPSA) is 26.0 Å². The van der Waals surface area contributed by atoms with Gasteiger partial charge in [-0.05, 0) is 24.3 Å². The molecule has 1 unspecified atom stereocenters. The second kappa shape index (κ2) is 3.02. The van der Waals surface area contributed by atoms with E-state index in [4.69, 9.17) is 5.73 Å². The van der Waals surface area contributed by atoms with E-state index < -0.39 is 17.7 Å². The first kappa shape index (κ1) is 9.59. The summed E-state index contributed by atoms with van der Waals surface area (Å²) in [5.41, 5.74) is 6.16. The summed E-state index contributed by atoms with van der Waals surface area (Å²) in [5.74, 6) is -1.62. The lowest BCUT2D eigenvalue weighted by molar-refractivity contribution is 0.417. The highest BCUT2D eigenvalue weighted by atomic mass is 19.2. The zero-order chi connectivity index (χ0) is 10.3. The van der Waals surface area contributed by atoms with Gasteiger partial charge >= 0.3 is 0 Å². The molecule has 0 heterocycles. The van der Waals surface area contributed by atoms with E-state index >= 15 is 0 Å². The largest absolute Gasteiger partial charge is 0.323 e. The highest BCUT2D eigenvalue weighted by Gasteiger charge is 2.44. The first-order valence-electron chi connectivity index (χ1n) is 4.74. The molecule has 1 fully saturated rings. The lowest BCUT2D eigenvalue weighted by atomic mass is 9.92. The second-order valence-electron chi connectivity index (χ2n) is 4.27. The number of hydrogen-bond acceptors (Lipinski definition) is 1. The molecule has 0 saturated heterocycles. The van der Waals surface area contributed by atoms with Crippen LogP contribution < -0.4 is 5.73 Å². The first-order chi connectivity index (χ1) is 6.54. The summed E-state index contributed by atoms with van der Waals surface area (Å²) in [6.45, 7) is 2.00. The molecule has 0 bridgehead atoms. The van der Waals surface area contributed by atoms with Gasteiger partial charge in [-0.1, -0.05) is 19.1 Å². The molecule has 14 heavy (non-hydrogen) atoms. The average Bonchev–Trinajstić information content (AvgIpc) is 2.89. The van der Waals surface area contributed by atoms with Crippen LogP contribution in [-0.4, -0.2) is 0 Å². The minimum atomic E-state index is -0.817.